The van der Waals surface area contributed by atoms with Gasteiger partial charge in [-0.15, -0.1) is 10.2 Å². The predicted molar refractivity (Wildman–Crippen MR) is 79.8 cm³/mol. The topological polar surface area (TPSA) is 88.9 Å². The molecule has 0 bridgehead atoms. The van der Waals surface area contributed by atoms with Crippen molar-refractivity contribution in [3.05, 3.63) is 11.6 Å². The molecule has 7 nitrogen and oxygen atoms in total. The maximum absolute atomic E-state index is 12.1. The smallest absolute Gasteiger partial charge is 0.223 e. The molecule has 1 aromatic heterocycles. The number of aromatic nitrogens is 3. The van der Waals surface area contributed by atoms with Crippen molar-refractivity contribution in [1.82, 2.24) is 25.4 Å². The van der Waals surface area contributed by atoms with Crippen LogP contribution in [0.2, 0.25) is 0 Å². The minimum absolute atomic E-state index is 0.00430. The second-order valence-electron chi connectivity index (χ2n) is 6.23. The molecule has 3 rings (SSSR count). The Morgan fingerprint density at radius 3 is 2.91 bits per heavy atom. The van der Waals surface area contributed by atoms with Gasteiger partial charge in [0, 0.05) is 24.9 Å². The van der Waals surface area contributed by atoms with Crippen molar-refractivity contribution in [1.29, 1.82) is 0 Å². The van der Waals surface area contributed by atoms with Crippen LogP contribution < -0.4 is 10.6 Å². The number of carbonyl (C=O) groups excluding carboxylic acids is 2. The van der Waals surface area contributed by atoms with Gasteiger partial charge < -0.3 is 15.2 Å². The molecule has 2 aliphatic rings. The standard InChI is InChI=1S/C15H23N5O2/c1-10-18-19-13(20(10)12-5-6-12)9-17-14(21)8-11-4-2-3-7-16-15(11)22/h11-12H,2-9H2,1H3,(H,16,22)(H,17,21). The molecular weight excluding hydrogens is 282 g/mol. The lowest BCUT2D eigenvalue weighted by molar-refractivity contribution is -0.130. The van der Waals surface area contributed by atoms with Crippen LogP contribution in [0.25, 0.3) is 0 Å². The van der Waals surface area contributed by atoms with Crippen molar-refractivity contribution in [2.24, 2.45) is 5.92 Å². The van der Waals surface area contributed by atoms with Gasteiger partial charge in [0.25, 0.3) is 0 Å². The lowest BCUT2D eigenvalue weighted by atomic mass is 9.98. The summed E-state index contributed by atoms with van der Waals surface area (Å²) >= 11 is 0. The first-order valence-electron chi connectivity index (χ1n) is 8.10. The van der Waals surface area contributed by atoms with Gasteiger partial charge in [0.1, 0.15) is 5.82 Å². The third kappa shape index (κ3) is 3.45. The number of amides is 2. The molecule has 0 radical (unpaired) electrons. The summed E-state index contributed by atoms with van der Waals surface area (Å²) in [6.07, 6.45) is 5.34. The zero-order valence-electron chi connectivity index (χ0n) is 13.0. The summed E-state index contributed by atoms with van der Waals surface area (Å²) < 4.78 is 2.11. The van der Waals surface area contributed by atoms with E-state index in [-0.39, 0.29) is 24.2 Å². The molecule has 0 aromatic carbocycles. The molecule has 22 heavy (non-hydrogen) atoms. The number of aryl methyl sites for hydroxylation is 1. The molecule has 2 fully saturated rings. The molecule has 1 aliphatic carbocycles. The maximum Gasteiger partial charge on any atom is 0.223 e. The second-order valence-corrected chi connectivity index (χ2v) is 6.23. The van der Waals surface area contributed by atoms with E-state index in [9.17, 15) is 9.59 Å². The molecule has 120 valence electrons. The first kappa shape index (κ1) is 15.0. The van der Waals surface area contributed by atoms with Crippen molar-refractivity contribution in [3.8, 4) is 0 Å². The highest BCUT2D eigenvalue weighted by atomic mass is 16.2. The highest BCUT2D eigenvalue weighted by Gasteiger charge is 2.28. The largest absolute Gasteiger partial charge is 0.356 e. The Kier molecular flexibility index (Phi) is 4.40. The molecule has 2 amide bonds. The molecule has 0 spiro atoms. The number of rotatable bonds is 5. The van der Waals surface area contributed by atoms with Gasteiger partial charge in [-0.05, 0) is 32.6 Å². The third-order valence-electron chi connectivity index (χ3n) is 4.37. The molecule has 1 atom stereocenters. The number of hydrogen-bond acceptors (Lipinski definition) is 4. The summed E-state index contributed by atoms with van der Waals surface area (Å²) in [5.41, 5.74) is 0. The van der Waals surface area contributed by atoms with Gasteiger partial charge in [-0.25, -0.2) is 0 Å². The first-order valence-corrected chi connectivity index (χ1v) is 8.10. The van der Waals surface area contributed by atoms with Crippen LogP contribution in [0.5, 0.6) is 0 Å². The van der Waals surface area contributed by atoms with Gasteiger partial charge in [-0.3, -0.25) is 9.59 Å². The first-order chi connectivity index (χ1) is 10.6. The number of carbonyl (C=O) groups is 2. The predicted octanol–water partition coefficient (Wildman–Crippen LogP) is 0.844. The van der Waals surface area contributed by atoms with E-state index in [0.29, 0.717) is 12.6 Å². The average Bonchev–Trinajstić information content (AvgIpc) is 3.28. The Balaban J connectivity index is 1.53. The van der Waals surface area contributed by atoms with Crippen molar-refractivity contribution in [3.63, 3.8) is 0 Å². The van der Waals surface area contributed by atoms with Gasteiger partial charge >= 0.3 is 0 Å². The number of nitrogens with one attached hydrogen (secondary N) is 2. The van der Waals surface area contributed by atoms with Gasteiger partial charge in [0.15, 0.2) is 5.82 Å². The summed E-state index contributed by atoms with van der Waals surface area (Å²) in [6, 6.07) is 0.495. The zero-order valence-corrected chi connectivity index (χ0v) is 13.0. The summed E-state index contributed by atoms with van der Waals surface area (Å²) in [4.78, 5) is 24.0. The fraction of sp³-hybridized carbons (Fsp3) is 0.733. The van der Waals surface area contributed by atoms with Crippen LogP contribution in [0.3, 0.4) is 0 Å². The Bertz CT molecular complexity index is 564. The van der Waals surface area contributed by atoms with Gasteiger partial charge in [0.05, 0.1) is 6.54 Å². The minimum atomic E-state index is -0.203. The fourth-order valence-corrected chi connectivity index (χ4v) is 3.01. The molecule has 2 N–H and O–H groups in total. The van der Waals surface area contributed by atoms with Crippen LogP contribution in [0.1, 0.15) is 56.2 Å². The van der Waals surface area contributed by atoms with E-state index in [1.165, 1.54) is 0 Å². The molecule has 1 unspecified atom stereocenters. The maximum atomic E-state index is 12.1. The summed E-state index contributed by atoms with van der Waals surface area (Å²) in [7, 11) is 0. The van der Waals surface area contributed by atoms with E-state index >= 15 is 0 Å². The van der Waals surface area contributed by atoms with Crippen molar-refractivity contribution < 1.29 is 9.59 Å². The highest BCUT2D eigenvalue weighted by Crippen LogP contribution is 2.36. The summed E-state index contributed by atoms with van der Waals surface area (Å²) in [6.45, 7) is 3.04. The normalized spacial score (nSPS) is 22.0. The van der Waals surface area contributed by atoms with Gasteiger partial charge in [-0.2, -0.15) is 0 Å². The zero-order chi connectivity index (χ0) is 15.5. The summed E-state index contributed by atoms with van der Waals surface area (Å²) in [5, 5.41) is 14.0. The van der Waals surface area contributed by atoms with Crippen LogP contribution in [0.4, 0.5) is 0 Å². The van der Waals surface area contributed by atoms with Crippen molar-refractivity contribution in [2.45, 2.75) is 58.0 Å². The van der Waals surface area contributed by atoms with Crippen LogP contribution in [0, 0.1) is 12.8 Å². The lowest BCUT2D eigenvalue weighted by Crippen LogP contribution is -2.33. The van der Waals surface area contributed by atoms with E-state index < -0.39 is 0 Å². The SMILES string of the molecule is Cc1nnc(CNC(=O)CC2CCCCNC2=O)n1C1CC1. The van der Waals surface area contributed by atoms with E-state index in [1.54, 1.807) is 0 Å². The van der Waals surface area contributed by atoms with Crippen molar-refractivity contribution in [2.75, 3.05) is 6.54 Å². The Labute approximate surface area is 129 Å². The highest BCUT2D eigenvalue weighted by molar-refractivity contribution is 5.85. The Morgan fingerprint density at radius 2 is 2.14 bits per heavy atom. The molecular formula is C15H23N5O2. The molecule has 1 aromatic rings. The Hall–Kier alpha value is -1.92. The lowest BCUT2D eigenvalue weighted by Gasteiger charge is -2.13. The van der Waals surface area contributed by atoms with Crippen LogP contribution in [-0.4, -0.2) is 33.1 Å². The monoisotopic (exact) mass is 305 g/mol. The van der Waals surface area contributed by atoms with E-state index in [0.717, 1.165) is 50.3 Å². The van der Waals surface area contributed by atoms with Crippen molar-refractivity contribution >= 4 is 11.8 Å². The minimum Gasteiger partial charge on any atom is -0.356 e. The average molecular weight is 305 g/mol. The fourth-order valence-electron chi connectivity index (χ4n) is 3.01. The third-order valence-corrected chi connectivity index (χ3v) is 4.37. The van der Waals surface area contributed by atoms with Gasteiger partial charge in [0.2, 0.25) is 11.8 Å². The second kappa shape index (κ2) is 6.46. The van der Waals surface area contributed by atoms with E-state index in [1.807, 2.05) is 6.92 Å². The van der Waals surface area contributed by atoms with E-state index in [2.05, 4.69) is 25.4 Å². The van der Waals surface area contributed by atoms with Crippen LogP contribution >= 0.6 is 0 Å². The summed E-state index contributed by atoms with van der Waals surface area (Å²) in [5.74, 6) is 1.41. The molecule has 1 aliphatic heterocycles. The molecule has 2 heterocycles. The van der Waals surface area contributed by atoms with E-state index in [4.69, 9.17) is 0 Å². The van der Waals surface area contributed by atoms with Crippen LogP contribution in [0.15, 0.2) is 0 Å². The van der Waals surface area contributed by atoms with Crippen LogP contribution in [-0.2, 0) is 16.1 Å². The number of nitrogens with zero attached hydrogens (tertiary/aromatic N) is 3. The Morgan fingerprint density at radius 1 is 1.32 bits per heavy atom. The molecule has 1 saturated heterocycles. The molecule has 1 saturated carbocycles. The van der Waals surface area contributed by atoms with Gasteiger partial charge in [-0.1, -0.05) is 6.42 Å². The quantitative estimate of drug-likeness (QED) is 0.844. The molecule has 7 heteroatoms. The number of hydrogen-bond donors (Lipinski definition) is 2.